The predicted molar refractivity (Wildman–Crippen MR) is 87.5 cm³/mol. The predicted octanol–water partition coefficient (Wildman–Crippen LogP) is 4.89. The molecule has 3 nitrogen and oxygen atoms in total. The standard InChI is InChI=1S/C17H18ClNO2/c1-3-20-16-10-5-13(17(11-16)21-4-2)12-19-15-8-6-14(18)7-9-15/h5-12H,3-4H2,1-2H3. The summed E-state index contributed by atoms with van der Waals surface area (Å²) < 4.78 is 11.1. The molecule has 2 aromatic carbocycles. The third-order valence-electron chi connectivity index (χ3n) is 2.78. The highest BCUT2D eigenvalue weighted by Crippen LogP contribution is 2.25. The number of aliphatic imine (C=N–C) groups is 1. The molecule has 0 saturated carbocycles. The molecule has 110 valence electrons. The molecule has 0 saturated heterocycles. The van der Waals surface area contributed by atoms with Gasteiger partial charge >= 0.3 is 0 Å². The van der Waals surface area contributed by atoms with Crippen molar-refractivity contribution in [3.05, 3.63) is 53.1 Å². The molecule has 0 aliphatic heterocycles. The Morgan fingerprint density at radius 1 is 1.00 bits per heavy atom. The van der Waals surface area contributed by atoms with Gasteiger partial charge in [0.25, 0.3) is 0 Å². The molecule has 0 aliphatic rings. The van der Waals surface area contributed by atoms with Crippen LogP contribution in [-0.4, -0.2) is 19.4 Å². The molecule has 4 heteroatoms. The summed E-state index contributed by atoms with van der Waals surface area (Å²) in [6.45, 7) is 5.13. The van der Waals surface area contributed by atoms with Crippen molar-refractivity contribution in [1.29, 1.82) is 0 Å². The van der Waals surface area contributed by atoms with Crippen molar-refractivity contribution in [3.63, 3.8) is 0 Å². The minimum Gasteiger partial charge on any atom is -0.494 e. The van der Waals surface area contributed by atoms with Crippen LogP contribution >= 0.6 is 11.6 Å². The van der Waals surface area contributed by atoms with E-state index in [0.717, 1.165) is 22.7 Å². The van der Waals surface area contributed by atoms with Crippen LogP contribution in [-0.2, 0) is 0 Å². The zero-order valence-corrected chi connectivity index (χ0v) is 12.9. The first kappa shape index (κ1) is 15.4. The lowest BCUT2D eigenvalue weighted by Crippen LogP contribution is -1.98. The Morgan fingerprint density at radius 2 is 1.71 bits per heavy atom. The van der Waals surface area contributed by atoms with Gasteiger partial charge in [0, 0.05) is 22.9 Å². The number of nitrogens with zero attached hydrogens (tertiary/aromatic N) is 1. The summed E-state index contributed by atoms with van der Waals surface area (Å²) in [6, 6.07) is 13.1. The lowest BCUT2D eigenvalue weighted by molar-refractivity contribution is 0.323. The summed E-state index contributed by atoms with van der Waals surface area (Å²) in [4.78, 5) is 4.43. The van der Waals surface area contributed by atoms with E-state index in [1.807, 2.05) is 56.3 Å². The Kier molecular flexibility index (Phi) is 5.64. The molecular formula is C17H18ClNO2. The first-order chi connectivity index (χ1) is 10.2. The third kappa shape index (κ3) is 4.50. The van der Waals surface area contributed by atoms with Crippen LogP contribution in [0.15, 0.2) is 47.5 Å². The van der Waals surface area contributed by atoms with E-state index < -0.39 is 0 Å². The van der Waals surface area contributed by atoms with Crippen molar-refractivity contribution >= 4 is 23.5 Å². The van der Waals surface area contributed by atoms with Crippen LogP contribution in [0.2, 0.25) is 5.02 Å². The highest BCUT2D eigenvalue weighted by atomic mass is 35.5. The van der Waals surface area contributed by atoms with Crippen molar-refractivity contribution in [2.45, 2.75) is 13.8 Å². The number of ether oxygens (including phenoxy) is 2. The molecule has 0 spiro atoms. The van der Waals surface area contributed by atoms with Crippen LogP contribution in [0, 0.1) is 0 Å². The normalized spacial score (nSPS) is 10.8. The van der Waals surface area contributed by atoms with Crippen LogP contribution in [0.4, 0.5) is 5.69 Å². The van der Waals surface area contributed by atoms with Crippen LogP contribution in [0.5, 0.6) is 11.5 Å². The second kappa shape index (κ2) is 7.70. The van der Waals surface area contributed by atoms with Gasteiger partial charge in [-0.15, -0.1) is 0 Å². The summed E-state index contributed by atoms with van der Waals surface area (Å²) >= 11 is 5.86. The van der Waals surface area contributed by atoms with Crippen LogP contribution < -0.4 is 9.47 Å². The first-order valence-electron chi connectivity index (χ1n) is 6.92. The lowest BCUT2D eigenvalue weighted by atomic mass is 10.2. The highest BCUT2D eigenvalue weighted by molar-refractivity contribution is 6.30. The average molecular weight is 304 g/mol. The number of hydrogen-bond acceptors (Lipinski definition) is 3. The average Bonchev–Trinajstić information content (AvgIpc) is 2.49. The first-order valence-corrected chi connectivity index (χ1v) is 7.30. The molecule has 0 unspecified atom stereocenters. The molecular weight excluding hydrogens is 286 g/mol. The molecule has 21 heavy (non-hydrogen) atoms. The van der Waals surface area contributed by atoms with Gasteiger partial charge in [-0.2, -0.15) is 0 Å². The van der Waals surface area contributed by atoms with E-state index >= 15 is 0 Å². The van der Waals surface area contributed by atoms with E-state index in [1.165, 1.54) is 0 Å². The summed E-state index contributed by atoms with van der Waals surface area (Å²) in [5.74, 6) is 1.56. The van der Waals surface area contributed by atoms with Gasteiger partial charge in [-0.05, 0) is 50.2 Å². The van der Waals surface area contributed by atoms with Gasteiger partial charge in [0.15, 0.2) is 0 Å². The third-order valence-corrected chi connectivity index (χ3v) is 3.03. The molecule has 0 heterocycles. The molecule has 0 aromatic heterocycles. The van der Waals surface area contributed by atoms with Gasteiger partial charge in [-0.3, -0.25) is 4.99 Å². The summed E-state index contributed by atoms with van der Waals surface area (Å²) in [7, 11) is 0. The van der Waals surface area contributed by atoms with Gasteiger partial charge in [-0.1, -0.05) is 11.6 Å². The fourth-order valence-corrected chi connectivity index (χ4v) is 1.96. The molecule has 0 atom stereocenters. The second-order valence-corrected chi connectivity index (χ2v) is 4.74. The summed E-state index contributed by atoms with van der Waals surface area (Å²) in [5, 5.41) is 0.699. The van der Waals surface area contributed by atoms with E-state index in [0.29, 0.717) is 18.2 Å². The molecule has 2 aromatic rings. The Bertz CT molecular complexity index is 609. The lowest BCUT2D eigenvalue weighted by Gasteiger charge is -2.10. The molecule has 0 radical (unpaired) electrons. The Morgan fingerprint density at radius 3 is 2.38 bits per heavy atom. The molecule has 0 N–H and O–H groups in total. The Balaban J connectivity index is 2.23. The zero-order chi connectivity index (χ0) is 15.1. The van der Waals surface area contributed by atoms with Crippen LogP contribution in [0.1, 0.15) is 19.4 Å². The maximum atomic E-state index is 5.86. The minimum atomic E-state index is 0.595. The Labute approximate surface area is 130 Å². The molecule has 2 rings (SSSR count). The molecule has 0 fully saturated rings. The van der Waals surface area contributed by atoms with Crippen molar-refractivity contribution in [2.75, 3.05) is 13.2 Å². The minimum absolute atomic E-state index is 0.595. The van der Waals surface area contributed by atoms with E-state index in [9.17, 15) is 0 Å². The zero-order valence-electron chi connectivity index (χ0n) is 12.2. The number of benzene rings is 2. The van der Waals surface area contributed by atoms with Crippen molar-refractivity contribution in [1.82, 2.24) is 0 Å². The summed E-state index contributed by atoms with van der Waals surface area (Å²) in [5.41, 5.74) is 1.76. The number of halogens is 1. The maximum Gasteiger partial charge on any atom is 0.131 e. The second-order valence-electron chi connectivity index (χ2n) is 4.30. The quantitative estimate of drug-likeness (QED) is 0.711. The van der Waals surface area contributed by atoms with Crippen LogP contribution in [0.3, 0.4) is 0 Å². The molecule has 0 bridgehead atoms. The van der Waals surface area contributed by atoms with Crippen molar-refractivity contribution in [3.8, 4) is 11.5 Å². The monoisotopic (exact) mass is 303 g/mol. The maximum absolute atomic E-state index is 5.86. The largest absolute Gasteiger partial charge is 0.494 e. The van der Waals surface area contributed by atoms with E-state index in [-0.39, 0.29) is 0 Å². The molecule has 0 amide bonds. The van der Waals surface area contributed by atoms with E-state index in [4.69, 9.17) is 21.1 Å². The SMILES string of the molecule is CCOc1ccc(C=Nc2ccc(Cl)cc2)c(OCC)c1. The number of hydrogen-bond donors (Lipinski definition) is 0. The fraction of sp³-hybridized carbons (Fsp3) is 0.235. The highest BCUT2D eigenvalue weighted by Gasteiger charge is 2.04. The topological polar surface area (TPSA) is 30.8 Å². The van der Waals surface area contributed by atoms with Gasteiger partial charge in [0.2, 0.25) is 0 Å². The fourth-order valence-electron chi connectivity index (χ4n) is 1.83. The number of rotatable bonds is 6. The molecule has 0 aliphatic carbocycles. The van der Waals surface area contributed by atoms with Crippen molar-refractivity contribution in [2.24, 2.45) is 4.99 Å². The van der Waals surface area contributed by atoms with E-state index in [1.54, 1.807) is 6.21 Å². The van der Waals surface area contributed by atoms with E-state index in [2.05, 4.69) is 4.99 Å². The van der Waals surface area contributed by atoms with Crippen molar-refractivity contribution < 1.29 is 9.47 Å². The summed E-state index contributed by atoms with van der Waals surface area (Å²) in [6.07, 6.45) is 1.78. The van der Waals surface area contributed by atoms with Gasteiger partial charge < -0.3 is 9.47 Å². The van der Waals surface area contributed by atoms with Gasteiger partial charge in [0.1, 0.15) is 11.5 Å². The van der Waals surface area contributed by atoms with Crippen LogP contribution in [0.25, 0.3) is 0 Å². The van der Waals surface area contributed by atoms with Gasteiger partial charge in [-0.25, -0.2) is 0 Å². The Hall–Kier alpha value is -2.00. The van der Waals surface area contributed by atoms with Gasteiger partial charge in [0.05, 0.1) is 18.9 Å². The smallest absolute Gasteiger partial charge is 0.131 e.